The molecule has 15 heavy (non-hydrogen) atoms. The predicted molar refractivity (Wildman–Crippen MR) is 62.3 cm³/mol. The molecule has 0 aromatic carbocycles. The molecule has 1 N–H and O–H groups in total. The topological polar surface area (TPSA) is 48.7 Å². The molecule has 2 rings (SSSR count). The normalized spacial score (nSPS) is 17.9. The molecule has 0 amide bonds. The van der Waals surface area contributed by atoms with Crippen molar-refractivity contribution in [3.8, 4) is 6.07 Å². The summed E-state index contributed by atoms with van der Waals surface area (Å²) in [5.41, 5.74) is 0.479. The third-order valence-electron chi connectivity index (χ3n) is 2.98. The van der Waals surface area contributed by atoms with Crippen molar-refractivity contribution in [3.63, 3.8) is 0 Å². The van der Waals surface area contributed by atoms with E-state index in [1.54, 1.807) is 0 Å². The average Bonchev–Trinajstić information content (AvgIpc) is 2.43. The zero-order chi connectivity index (χ0) is 10.8. The molecule has 5 heteroatoms. The summed E-state index contributed by atoms with van der Waals surface area (Å²) in [6, 6.07) is 2.48. The second-order valence-corrected chi connectivity index (χ2v) is 5.04. The Hall–Kier alpha value is -0.790. The van der Waals surface area contributed by atoms with Crippen LogP contribution < -0.4 is 5.32 Å². The fourth-order valence-corrected chi connectivity index (χ4v) is 2.76. The van der Waals surface area contributed by atoms with Gasteiger partial charge in [-0.1, -0.05) is 18.0 Å². The Bertz CT molecular complexity index is 392. The van der Waals surface area contributed by atoms with Gasteiger partial charge in [-0.25, -0.2) is 0 Å². The zero-order valence-electron chi connectivity index (χ0n) is 8.46. The smallest absolute Gasteiger partial charge is 0.162 e. The van der Waals surface area contributed by atoms with E-state index in [1.807, 2.05) is 0 Å². The highest BCUT2D eigenvalue weighted by atomic mass is 35.5. The number of nitrogens with one attached hydrogen (secondary N) is 1. The second-order valence-electron chi connectivity index (χ2n) is 3.91. The van der Waals surface area contributed by atoms with E-state index >= 15 is 0 Å². The largest absolute Gasteiger partial charge is 0.372 e. The van der Waals surface area contributed by atoms with Gasteiger partial charge in [0.1, 0.15) is 16.6 Å². The highest BCUT2D eigenvalue weighted by Crippen LogP contribution is 2.34. The van der Waals surface area contributed by atoms with Gasteiger partial charge in [0.15, 0.2) is 5.15 Å². The lowest BCUT2D eigenvalue weighted by atomic mass is 9.80. The van der Waals surface area contributed by atoms with Crippen LogP contribution >= 0.6 is 23.1 Å². The number of anilines is 1. The molecular weight excluding hydrogens is 230 g/mol. The van der Waals surface area contributed by atoms with E-state index in [4.69, 9.17) is 16.9 Å². The lowest BCUT2D eigenvalue weighted by Gasteiger charge is -2.32. The Morgan fingerprint density at radius 2 is 2.40 bits per heavy atom. The maximum Gasteiger partial charge on any atom is 0.162 e. The maximum absolute atomic E-state index is 8.90. The summed E-state index contributed by atoms with van der Waals surface area (Å²) in [5.74, 6) is 0.734. The van der Waals surface area contributed by atoms with Crippen molar-refractivity contribution in [1.82, 2.24) is 4.37 Å². The minimum Gasteiger partial charge on any atom is -0.372 e. The Kier molecular flexibility index (Phi) is 3.13. The van der Waals surface area contributed by atoms with Crippen LogP contribution in [0.1, 0.15) is 31.7 Å². The fraction of sp³-hybridized carbons (Fsp3) is 0.600. The van der Waals surface area contributed by atoms with Crippen molar-refractivity contribution in [2.45, 2.75) is 32.2 Å². The summed E-state index contributed by atoms with van der Waals surface area (Å²) in [7, 11) is 0. The van der Waals surface area contributed by atoms with Crippen LogP contribution in [-0.2, 0) is 0 Å². The van der Waals surface area contributed by atoms with Gasteiger partial charge in [-0.2, -0.15) is 9.64 Å². The van der Waals surface area contributed by atoms with Gasteiger partial charge < -0.3 is 5.32 Å². The lowest BCUT2D eigenvalue weighted by Crippen LogP contribution is -2.30. The number of nitriles is 1. The van der Waals surface area contributed by atoms with Gasteiger partial charge in [-0.05, 0) is 37.2 Å². The number of hydrogen-bond acceptors (Lipinski definition) is 4. The van der Waals surface area contributed by atoms with Gasteiger partial charge in [0, 0.05) is 6.04 Å². The van der Waals surface area contributed by atoms with Gasteiger partial charge in [0.25, 0.3) is 0 Å². The minimum atomic E-state index is 0.311. The molecule has 1 unspecified atom stereocenters. The quantitative estimate of drug-likeness (QED) is 0.884. The Labute approximate surface area is 98.2 Å². The number of hydrogen-bond donors (Lipinski definition) is 1. The third-order valence-corrected chi connectivity index (χ3v) is 4.13. The predicted octanol–water partition coefficient (Wildman–Crippen LogP) is 3.27. The van der Waals surface area contributed by atoms with Crippen LogP contribution in [0.2, 0.25) is 5.15 Å². The first-order valence-corrected chi connectivity index (χ1v) is 6.19. The highest BCUT2D eigenvalue weighted by Gasteiger charge is 2.25. The summed E-state index contributed by atoms with van der Waals surface area (Å²) in [4.78, 5) is 0. The van der Waals surface area contributed by atoms with Crippen LogP contribution in [0.4, 0.5) is 5.00 Å². The molecule has 3 nitrogen and oxygen atoms in total. The third kappa shape index (κ3) is 2.09. The molecule has 0 aliphatic heterocycles. The van der Waals surface area contributed by atoms with Gasteiger partial charge in [0.05, 0.1) is 0 Å². The molecule has 0 bridgehead atoms. The first kappa shape index (κ1) is 10.7. The number of nitrogens with zero attached hydrogens (tertiary/aromatic N) is 2. The number of aromatic nitrogens is 1. The molecule has 0 saturated heterocycles. The standard InChI is InChI=1S/C10H12ClN3S/c1-6(7-3-2-4-7)13-10-8(5-12)9(11)14-15-10/h6-7,13H,2-4H2,1H3. The molecule has 1 aromatic rings. The van der Waals surface area contributed by atoms with E-state index in [2.05, 4.69) is 22.7 Å². The first-order chi connectivity index (χ1) is 7.22. The Balaban J connectivity index is 2.06. The van der Waals surface area contributed by atoms with Crippen molar-refractivity contribution >= 4 is 28.1 Å². The minimum absolute atomic E-state index is 0.311. The molecular formula is C10H12ClN3S. The summed E-state index contributed by atoms with van der Waals surface area (Å²) < 4.78 is 3.97. The van der Waals surface area contributed by atoms with Crippen LogP contribution in [0.5, 0.6) is 0 Å². The summed E-state index contributed by atoms with van der Waals surface area (Å²) in [6.45, 7) is 2.15. The summed E-state index contributed by atoms with van der Waals surface area (Å²) in [6.07, 6.45) is 3.89. The van der Waals surface area contributed by atoms with Gasteiger partial charge in [-0.15, -0.1) is 0 Å². The van der Waals surface area contributed by atoms with Crippen molar-refractivity contribution in [2.24, 2.45) is 5.92 Å². The van der Waals surface area contributed by atoms with Crippen LogP contribution in [0, 0.1) is 17.2 Å². The van der Waals surface area contributed by atoms with E-state index in [1.165, 1.54) is 30.8 Å². The van der Waals surface area contributed by atoms with Crippen LogP contribution in [0.3, 0.4) is 0 Å². The monoisotopic (exact) mass is 241 g/mol. The number of halogens is 1. The average molecular weight is 242 g/mol. The van der Waals surface area contributed by atoms with Crippen LogP contribution in [0.25, 0.3) is 0 Å². The fourth-order valence-electron chi connectivity index (χ4n) is 1.73. The van der Waals surface area contributed by atoms with Crippen LogP contribution in [0.15, 0.2) is 0 Å². The summed E-state index contributed by atoms with van der Waals surface area (Å²) in [5, 5.41) is 13.4. The van der Waals surface area contributed by atoms with E-state index in [-0.39, 0.29) is 0 Å². The maximum atomic E-state index is 8.90. The molecule has 1 aliphatic carbocycles. The highest BCUT2D eigenvalue weighted by molar-refractivity contribution is 7.10. The zero-order valence-corrected chi connectivity index (χ0v) is 10.0. The Morgan fingerprint density at radius 1 is 1.67 bits per heavy atom. The molecule has 80 valence electrons. The molecule has 1 aliphatic rings. The van der Waals surface area contributed by atoms with Crippen molar-refractivity contribution in [1.29, 1.82) is 5.26 Å². The van der Waals surface area contributed by atoms with E-state index in [0.29, 0.717) is 16.8 Å². The second kappa shape index (κ2) is 4.38. The lowest BCUT2D eigenvalue weighted by molar-refractivity contribution is 0.285. The van der Waals surface area contributed by atoms with E-state index in [9.17, 15) is 0 Å². The molecule has 1 heterocycles. The molecule has 1 aromatic heterocycles. The van der Waals surface area contributed by atoms with Gasteiger partial charge >= 0.3 is 0 Å². The van der Waals surface area contributed by atoms with Crippen molar-refractivity contribution in [2.75, 3.05) is 5.32 Å². The molecule has 0 radical (unpaired) electrons. The molecule has 1 fully saturated rings. The van der Waals surface area contributed by atoms with Crippen molar-refractivity contribution < 1.29 is 0 Å². The molecule has 1 saturated carbocycles. The van der Waals surface area contributed by atoms with Crippen LogP contribution in [-0.4, -0.2) is 10.4 Å². The van der Waals surface area contributed by atoms with Crippen molar-refractivity contribution in [3.05, 3.63) is 10.7 Å². The molecule has 0 spiro atoms. The Morgan fingerprint density at radius 3 is 2.93 bits per heavy atom. The van der Waals surface area contributed by atoms with E-state index < -0.39 is 0 Å². The SMILES string of the molecule is CC(Nc1snc(Cl)c1C#N)C1CCC1. The first-order valence-electron chi connectivity index (χ1n) is 5.04. The summed E-state index contributed by atoms with van der Waals surface area (Å²) >= 11 is 7.06. The van der Waals surface area contributed by atoms with Gasteiger partial charge in [-0.3, -0.25) is 0 Å². The number of rotatable bonds is 3. The van der Waals surface area contributed by atoms with Gasteiger partial charge in [0.2, 0.25) is 0 Å². The van der Waals surface area contributed by atoms with E-state index in [0.717, 1.165) is 10.9 Å². The molecule has 1 atom stereocenters.